The maximum Gasteiger partial charge on any atom is 0.428 e. The standard InChI is InChI=1S/C18H16ClF3N2O3/c1-11(27-2)17(26,18(20,21)22)12-3-7-14(8-4-12)23-16(25)24-15-9-5-13(19)6-10-15/h3-10,26H,1H2,2H3,(H2,23,24,25). The first-order chi connectivity index (χ1) is 12.6. The third-order valence-electron chi connectivity index (χ3n) is 3.72. The fraction of sp³-hybridized carbons (Fsp3) is 0.167. The Bertz CT molecular complexity index is 823. The van der Waals surface area contributed by atoms with Crippen LogP contribution in [0.25, 0.3) is 0 Å². The van der Waals surface area contributed by atoms with Gasteiger partial charge in [0.2, 0.25) is 5.60 Å². The summed E-state index contributed by atoms with van der Waals surface area (Å²) in [5.41, 5.74) is -3.16. The van der Waals surface area contributed by atoms with Crippen LogP contribution in [-0.4, -0.2) is 24.4 Å². The van der Waals surface area contributed by atoms with Gasteiger partial charge in [-0.2, -0.15) is 13.2 Å². The Morgan fingerprint density at radius 1 is 1.04 bits per heavy atom. The predicted octanol–water partition coefficient (Wildman–Crippen LogP) is 4.89. The van der Waals surface area contributed by atoms with E-state index in [4.69, 9.17) is 11.6 Å². The molecule has 0 saturated heterocycles. The minimum atomic E-state index is -5.04. The van der Waals surface area contributed by atoms with Gasteiger partial charge in [0.05, 0.1) is 7.11 Å². The summed E-state index contributed by atoms with van der Waals surface area (Å²) in [6, 6.07) is 10.2. The average Bonchev–Trinajstić information content (AvgIpc) is 2.62. The van der Waals surface area contributed by atoms with E-state index in [-0.39, 0.29) is 5.69 Å². The number of aliphatic hydroxyl groups is 1. The van der Waals surface area contributed by atoms with Crippen molar-refractivity contribution in [2.75, 3.05) is 17.7 Å². The van der Waals surface area contributed by atoms with Crippen molar-refractivity contribution in [1.82, 2.24) is 0 Å². The average molecular weight is 401 g/mol. The molecule has 0 heterocycles. The zero-order chi connectivity index (χ0) is 20.2. The van der Waals surface area contributed by atoms with Crippen LogP contribution in [0, 0.1) is 0 Å². The molecular formula is C18H16ClF3N2O3. The van der Waals surface area contributed by atoms with Crippen LogP contribution in [-0.2, 0) is 10.3 Å². The molecule has 0 aliphatic heterocycles. The number of nitrogens with one attached hydrogen (secondary N) is 2. The highest BCUT2D eigenvalue weighted by Crippen LogP contribution is 2.44. The summed E-state index contributed by atoms with van der Waals surface area (Å²) in [4.78, 5) is 11.9. The molecule has 0 aliphatic carbocycles. The van der Waals surface area contributed by atoms with Crippen molar-refractivity contribution in [1.29, 1.82) is 0 Å². The Hall–Kier alpha value is -2.71. The van der Waals surface area contributed by atoms with E-state index in [0.29, 0.717) is 10.7 Å². The Morgan fingerprint density at radius 3 is 1.89 bits per heavy atom. The minimum Gasteiger partial charge on any atom is -0.498 e. The minimum absolute atomic E-state index is 0.220. The lowest BCUT2D eigenvalue weighted by molar-refractivity contribution is -0.261. The molecule has 27 heavy (non-hydrogen) atoms. The van der Waals surface area contributed by atoms with Gasteiger partial charge in [-0.3, -0.25) is 0 Å². The number of benzene rings is 2. The summed E-state index contributed by atoms with van der Waals surface area (Å²) in [5, 5.41) is 15.6. The SMILES string of the molecule is C=C(OC)C(O)(c1ccc(NC(=O)Nc2ccc(Cl)cc2)cc1)C(F)(F)F. The zero-order valence-electron chi connectivity index (χ0n) is 14.1. The number of hydrogen-bond donors (Lipinski definition) is 3. The molecule has 144 valence electrons. The fourth-order valence-corrected chi connectivity index (χ4v) is 2.38. The third-order valence-corrected chi connectivity index (χ3v) is 3.97. The van der Waals surface area contributed by atoms with Crippen molar-refractivity contribution in [2.24, 2.45) is 0 Å². The molecule has 2 amide bonds. The Morgan fingerprint density at radius 2 is 1.48 bits per heavy atom. The van der Waals surface area contributed by atoms with Crippen LogP contribution < -0.4 is 10.6 Å². The highest BCUT2D eigenvalue weighted by molar-refractivity contribution is 6.30. The molecule has 5 nitrogen and oxygen atoms in total. The van der Waals surface area contributed by atoms with Gasteiger partial charge >= 0.3 is 12.2 Å². The van der Waals surface area contributed by atoms with Gasteiger partial charge in [-0.15, -0.1) is 0 Å². The number of alkyl halides is 3. The molecule has 3 N–H and O–H groups in total. The highest BCUT2D eigenvalue weighted by Gasteiger charge is 2.58. The van der Waals surface area contributed by atoms with Gasteiger partial charge in [-0.1, -0.05) is 30.3 Å². The van der Waals surface area contributed by atoms with Crippen LogP contribution in [0.3, 0.4) is 0 Å². The number of amides is 2. The van der Waals surface area contributed by atoms with Crippen molar-refractivity contribution in [3.8, 4) is 0 Å². The number of ether oxygens (including phenoxy) is 1. The lowest BCUT2D eigenvalue weighted by Gasteiger charge is -2.31. The van der Waals surface area contributed by atoms with Crippen LogP contribution in [0.2, 0.25) is 5.02 Å². The van der Waals surface area contributed by atoms with Crippen LogP contribution in [0.15, 0.2) is 60.9 Å². The van der Waals surface area contributed by atoms with E-state index in [2.05, 4.69) is 21.9 Å². The first-order valence-corrected chi connectivity index (χ1v) is 7.92. The molecular weight excluding hydrogens is 385 g/mol. The van der Waals surface area contributed by atoms with Crippen LogP contribution in [0.4, 0.5) is 29.3 Å². The number of carbonyl (C=O) groups excluding carboxylic acids is 1. The Balaban J connectivity index is 2.15. The van der Waals surface area contributed by atoms with Crippen LogP contribution >= 0.6 is 11.6 Å². The van der Waals surface area contributed by atoms with Crippen molar-refractivity contribution in [3.05, 3.63) is 71.5 Å². The van der Waals surface area contributed by atoms with Gasteiger partial charge in [-0.05, 0) is 36.4 Å². The zero-order valence-corrected chi connectivity index (χ0v) is 14.9. The van der Waals surface area contributed by atoms with Gasteiger partial charge in [0.25, 0.3) is 0 Å². The van der Waals surface area contributed by atoms with Crippen molar-refractivity contribution in [2.45, 2.75) is 11.8 Å². The maximum absolute atomic E-state index is 13.3. The van der Waals surface area contributed by atoms with Gasteiger partial charge in [0.1, 0.15) is 5.76 Å². The topological polar surface area (TPSA) is 70.6 Å². The molecule has 0 radical (unpaired) electrons. The van der Waals surface area contributed by atoms with E-state index in [1.165, 1.54) is 12.1 Å². The molecule has 0 aromatic heterocycles. The first-order valence-electron chi connectivity index (χ1n) is 7.54. The largest absolute Gasteiger partial charge is 0.498 e. The normalized spacial score (nSPS) is 13.4. The summed E-state index contributed by atoms with van der Waals surface area (Å²) >= 11 is 5.75. The van der Waals surface area contributed by atoms with E-state index in [0.717, 1.165) is 19.2 Å². The van der Waals surface area contributed by atoms with Crippen molar-refractivity contribution < 1.29 is 27.8 Å². The lowest BCUT2D eigenvalue weighted by Crippen LogP contribution is -2.44. The smallest absolute Gasteiger partial charge is 0.428 e. The Kier molecular flexibility index (Phi) is 6.02. The molecule has 2 aromatic rings. The summed E-state index contributed by atoms with van der Waals surface area (Å²) in [6.07, 6.45) is -5.04. The molecule has 0 bridgehead atoms. The molecule has 2 aromatic carbocycles. The molecule has 2 rings (SSSR count). The monoisotopic (exact) mass is 400 g/mol. The highest BCUT2D eigenvalue weighted by atomic mass is 35.5. The second-order valence-electron chi connectivity index (χ2n) is 5.50. The second kappa shape index (κ2) is 7.89. The van der Waals surface area contributed by atoms with E-state index >= 15 is 0 Å². The number of anilines is 2. The van der Waals surface area contributed by atoms with Gasteiger partial charge in [0.15, 0.2) is 0 Å². The van der Waals surface area contributed by atoms with Crippen LogP contribution in [0.5, 0.6) is 0 Å². The summed E-state index contributed by atoms with van der Waals surface area (Å²) in [6.45, 7) is 3.13. The first kappa shape index (κ1) is 20.6. The Labute approximate surface area is 158 Å². The molecule has 1 unspecified atom stereocenters. The number of urea groups is 1. The summed E-state index contributed by atoms with van der Waals surface area (Å²) < 4.78 is 44.5. The predicted molar refractivity (Wildman–Crippen MR) is 96.6 cm³/mol. The molecule has 0 saturated carbocycles. The summed E-state index contributed by atoms with van der Waals surface area (Å²) in [5.74, 6) is -0.865. The number of rotatable bonds is 5. The van der Waals surface area contributed by atoms with Gasteiger partial charge in [-0.25, -0.2) is 4.79 Å². The van der Waals surface area contributed by atoms with Gasteiger partial charge in [0, 0.05) is 22.0 Å². The van der Waals surface area contributed by atoms with E-state index in [1.54, 1.807) is 24.3 Å². The van der Waals surface area contributed by atoms with Gasteiger partial charge < -0.3 is 20.5 Å². The third kappa shape index (κ3) is 4.53. The maximum atomic E-state index is 13.3. The fourth-order valence-electron chi connectivity index (χ4n) is 2.25. The van der Waals surface area contributed by atoms with E-state index < -0.39 is 29.1 Å². The van der Waals surface area contributed by atoms with Crippen LogP contribution in [0.1, 0.15) is 5.56 Å². The molecule has 1 atom stereocenters. The van der Waals surface area contributed by atoms with Crippen molar-refractivity contribution in [3.63, 3.8) is 0 Å². The number of methoxy groups -OCH3 is 1. The molecule has 9 heteroatoms. The van der Waals surface area contributed by atoms with Crippen molar-refractivity contribution >= 4 is 29.0 Å². The van der Waals surface area contributed by atoms with E-state index in [1.807, 2.05) is 0 Å². The second-order valence-corrected chi connectivity index (χ2v) is 5.94. The quantitative estimate of drug-likeness (QED) is 0.625. The molecule has 0 fully saturated rings. The summed E-state index contributed by atoms with van der Waals surface area (Å²) in [7, 11) is 0.982. The van der Waals surface area contributed by atoms with E-state index in [9.17, 15) is 23.1 Å². The lowest BCUT2D eigenvalue weighted by atomic mass is 9.91. The number of hydrogen-bond acceptors (Lipinski definition) is 3. The molecule has 0 aliphatic rings. The number of carbonyl (C=O) groups is 1. The number of halogens is 4. The molecule has 0 spiro atoms.